The van der Waals surface area contributed by atoms with Crippen LogP contribution in [0.25, 0.3) is 6.08 Å². The van der Waals surface area contributed by atoms with Crippen LogP contribution >= 0.6 is 11.8 Å². The molecule has 1 unspecified atom stereocenters. The lowest BCUT2D eigenvalue weighted by molar-refractivity contribution is -0.115. The average Bonchev–Trinajstić information content (AvgIpc) is 3.17. The SMILES string of the molecule is COc1cccc(/C=C(\NC(=O)c2ccccc2)C(=O)Nc2ccc(SC(C)C(=O)Nc3cccc4c3C(=O)c3ccccc3C4=O)cc2)c1OC. The molecular formula is C41H33N3O7S. The van der Waals surface area contributed by atoms with Crippen LogP contribution in [0.4, 0.5) is 11.4 Å². The van der Waals surface area contributed by atoms with Crippen LogP contribution in [-0.4, -0.2) is 48.8 Å². The molecule has 0 aliphatic heterocycles. The maximum Gasteiger partial charge on any atom is 0.272 e. The van der Waals surface area contributed by atoms with E-state index in [0.717, 1.165) is 4.90 Å². The van der Waals surface area contributed by atoms with E-state index < -0.39 is 17.1 Å². The summed E-state index contributed by atoms with van der Waals surface area (Å²) in [6.45, 7) is 1.73. The number of thioether (sulfide) groups is 1. The highest BCUT2D eigenvalue weighted by molar-refractivity contribution is 8.00. The van der Waals surface area contributed by atoms with Crippen molar-refractivity contribution < 1.29 is 33.4 Å². The summed E-state index contributed by atoms with van der Waals surface area (Å²) < 4.78 is 10.9. The standard InChI is InChI=1S/C41H33N3O7S/c1-24(39(47)43-32-17-10-16-31-35(32)37(46)30-15-8-7-14-29(30)36(31)45)52-28-21-19-27(20-22-28)42-41(49)33(44-40(48)25-11-5-4-6-12-25)23-26-13-9-18-34(50-2)38(26)51-3/h4-24H,1-3H3,(H,42,49)(H,43,47)(H,44,48)/b33-23-. The number of ether oxygens (including phenoxy) is 2. The van der Waals surface area contributed by atoms with Gasteiger partial charge in [0.1, 0.15) is 5.70 Å². The molecule has 0 bridgehead atoms. The number of hydrogen-bond donors (Lipinski definition) is 3. The van der Waals surface area contributed by atoms with Crippen LogP contribution in [-0.2, 0) is 9.59 Å². The van der Waals surface area contributed by atoms with Crippen LogP contribution < -0.4 is 25.4 Å². The predicted molar refractivity (Wildman–Crippen MR) is 200 cm³/mol. The molecule has 3 N–H and O–H groups in total. The number of rotatable bonds is 11. The van der Waals surface area contributed by atoms with Crippen LogP contribution in [0.15, 0.2) is 126 Å². The summed E-state index contributed by atoms with van der Waals surface area (Å²) >= 11 is 1.28. The number of hydrogen-bond acceptors (Lipinski definition) is 8. The summed E-state index contributed by atoms with van der Waals surface area (Å²) in [5, 5.41) is 7.79. The number of carbonyl (C=O) groups is 5. The van der Waals surface area contributed by atoms with Gasteiger partial charge >= 0.3 is 0 Å². The molecule has 10 nitrogen and oxygen atoms in total. The van der Waals surface area contributed by atoms with Gasteiger partial charge in [-0.25, -0.2) is 0 Å². The minimum absolute atomic E-state index is 0.0316. The third kappa shape index (κ3) is 7.49. The molecule has 1 aliphatic rings. The number of benzene rings is 5. The molecule has 0 fully saturated rings. The molecule has 11 heteroatoms. The fourth-order valence-electron chi connectivity index (χ4n) is 5.68. The predicted octanol–water partition coefficient (Wildman–Crippen LogP) is 7.01. The number of nitrogens with one attached hydrogen (secondary N) is 3. The zero-order valence-corrected chi connectivity index (χ0v) is 29.2. The number of anilines is 2. The first-order chi connectivity index (χ1) is 25.2. The van der Waals surface area contributed by atoms with E-state index in [0.29, 0.717) is 39.4 Å². The van der Waals surface area contributed by atoms with Gasteiger partial charge in [-0.2, -0.15) is 0 Å². The van der Waals surface area contributed by atoms with Crippen molar-refractivity contribution in [1.29, 1.82) is 0 Å². The molecule has 1 aliphatic carbocycles. The van der Waals surface area contributed by atoms with Crippen LogP contribution in [0, 0.1) is 0 Å². The molecule has 3 amide bonds. The summed E-state index contributed by atoms with van der Waals surface area (Å²) in [7, 11) is 2.99. The lowest BCUT2D eigenvalue weighted by atomic mass is 9.83. The van der Waals surface area contributed by atoms with Crippen molar-refractivity contribution in [2.24, 2.45) is 0 Å². The third-order valence-electron chi connectivity index (χ3n) is 8.27. The normalized spacial score (nSPS) is 12.6. The quantitative estimate of drug-likeness (QED) is 0.0964. The second kappa shape index (κ2) is 15.6. The smallest absolute Gasteiger partial charge is 0.272 e. The Morgan fingerprint density at radius 2 is 1.35 bits per heavy atom. The van der Waals surface area contributed by atoms with Gasteiger partial charge in [-0.05, 0) is 61.5 Å². The summed E-state index contributed by atoms with van der Waals surface area (Å²) in [6.07, 6.45) is 1.51. The molecule has 6 rings (SSSR count). The monoisotopic (exact) mass is 711 g/mol. The number of methoxy groups -OCH3 is 2. The fourth-order valence-corrected chi connectivity index (χ4v) is 6.55. The van der Waals surface area contributed by atoms with Gasteiger partial charge < -0.3 is 25.4 Å². The van der Waals surface area contributed by atoms with E-state index >= 15 is 0 Å². The van der Waals surface area contributed by atoms with Gasteiger partial charge in [0, 0.05) is 38.4 Å². The van der Waals surface area contributed by atoms with Gasteiger partial charge in [0.25, 0.3) is 11.8 Å². The van der Waals surface area contributed by atoms with E-state index in [1.807, 2.05) is 0 Å². The Morgan fingerprint density at radius 1 is 0.692 bits per heavy atom. The van der Waals surface area contributed by atoms with Crippen LogP contribution in [0.2, 0.25) is 0 Å². The molecular weight excluding hydrogens is 679 g/mol. The van der Waals surface area contributed by atoms with Gasteiger partial charge in [0.05, 0.1) is 30.7 Å². The number of carbonyl (C=O) groups excluding carboxylic acids is 5. The van der Waals surface area contributed by atoms with E-state index in [1.165, 1.54) is 32.1 Å². The first-order valence-electron chi connectivity index (χ1n) is 16.2. The Kier molecular flexibility index (Phi) is 10.6. The minimum Gasteiger partial charge on any atom is -0.493 e. The molecule has 0 aromatic heterocycles. The first kappa shape index (κ1) is 35.4. The number of amides is 3. The largest absolute Gasteiger partial charge is 0.493 e. The fraction of sp³-hybridized carbons (Fsp3) is 0.0976. The van der Waals surface area contributed by atoms with Crippen molar-refractivity contribution in [2.75, 3.05) is 24.9 Å². The molecule has 5 aromatic rings. The minimum atomic E-state index is -0.585. The van der Waals surface area contributed by atoms with Gasteiger partial charge in [-0.3, -0.25) is 24.0 Å². The van der Waals surface area contributed by atoms with Gasteiger partial charge in [-0.1, -0.05) is 66.7 Å². The summed E-state index contributed by atoms with van der Waals surface area (Å²) in [4.78, 5) is 67.2. The van der Waals surface area contributed by atoms with E-state index in [2.05, 4.69) is 16.0 Å². The van der Waals surface area contributed by atoms with Crippen molar-refractivity contribution in [3.05, 3.63) is 154 Å². The molecule has 0 radical (unpaired) electrons. The van der Waals surface area contributed by atoms with Crippen molar-refractivity contribution in [1.82, 2.24) is 5.32 Å². The second-order valence-electron chi connectivity index (χ2n) is 11.6. The molecule has 0 saturated carbocycles. The zero-order chi connectivity index (χ0) is 36.8. The van der Waals surface area contributed by atoms with Crippen LogP contribution in [0.3, 0.4) is 0 Å². The lowest BCUT2D eigenvalue weighted by Gasteiger charge is -2.21. The Morgan fingerprint density at radius 3 is 2.04 bits per heavy atom. The van der Waals surface area contributed by atoms with Crippen LogP contribution in [0.5, 0.6) is 11.5 Å². The topological polar surface area (TPSA) is 140 Å². The van der Waals surface area contributed by atoms with Crippen molar-refractivity contribution in [3.63, 3.8) is 0 Å². The number of fused-ring (bicyclic) bond motifs is 2. The zero-order valence-electron chi connectivity index (χ0n) is 28.4. The van der Waals surface area contributed by atoms with E-state index in [4.69, 9.17) is 9.47 Å². The maximum atomic E-state index is 13.6. The summed E-state index contributed by atoms with van der Waals surface area (Å²) in [5.41, 5.74) is 2.64. The molecule has 0 saturated heterocycles. The highest BCUT2D eigenvalue weighted by Gasteiger charge is 2.32. The van der Waals surface area contributed by atoms with E-state index in [1.54, 1.807) is 122 Å². The highest BCUT2D eigenvalue weighted by atomic mass is 32.2. The molecule has 1 atom stereocenters. The molecule has 0 heterocycles. The van der Waals surface area contributed by atoms with Crippen molar-refractivity contribution >= 4 is 58.5 Å². The third-order valence-corrected chi connectivity index (χ3v) is 9.38. The van der Waals surface area contributed by atoms with Crippen LogP contribution in [0.1, 0.15) is 54.7 Å². The molecule has 0 spiro atoms. The summed E-state index contributed by atoms with van der Waals surface area (Å²) in [5.74, 6) is -1.15. The molecule has 5 aromatic carbocycles. The Balaban J connectivity index is 1.15. The second-order valence-corrected chi connectivity index (χ2v) is 13.0. The molecule has 260 valence electrons. The van der Waals surface area contributed by atoms with Gasteiger partial charge in [0.2, 0.25) is 5.91 Å². The number of ketones is 2. The van der Waals surface area contributed by atoms with Gasteiger partial charge in [-0.15, -0.1) is 11.8 Å². The van der Waals surface area contributed by atoms with Gasteiger partial charge in [0.15, 0.2) is 23.1 Å². The first-order valence-corrected chi connectivity index (χ1v) is 17.1. The lowest BCUT2D eigenvalue weighted by Crippen LogP contribution is -2.30. The van der Waals surface area contributed by atoms with E-state index in [9.17, 15) is 24.0 Å². The van der Waals surface area contributed by atoms with Crippen molar-refractivity contribution in [2.45, 2.75) is 17.1 Å². The Hall–Kier alpha value is -6.46. The number of para-hydroxylation sites is 1. The Bertz CT molecular complexity index is 2230. The average molecular weight is 712 g/mol. The van der Waals surface area contributed by atoms with E-state index in [-0.39, 0.29) is 40.0 Å². The molecule has 52 heavy (non-hydrogen) atoms. The van der Waals surface area contributed by atoms with Crippen molar-refractivity contribution in [3.8, 4) is 11.5 Å². The summed E-state index contributed by atoms with van der Waals surface area (Å²) in [6, 6.07) is 32.1. The Labute approximate surface area is 304 Å². The highest BCUT2D eigenvalue weighted by Crippen LogP contribution is 2.34. The maximum absolute atomic E-state index is 13.6.